The molecule has 2 aromatic carbocycles. The quantitative estimate of drug-likeness (QED) is 0.674. The van der Waals surface area contributed by atoms with Crippen LogP contribution in [0, 0.1) is 17.0 Å². The minimum atomic E-state index is -0.904. The number of nitro groups is 1. The monoisotopic (exact) mass is 343 g/mol. The van der Waals surface area contributed by atoms with Crippen LogP contribution < -0.4 is 10.2 Å². The highest BCUT2D eigenvalue weighted by atomic mass is 32.2. The van der Waals surface area contributed by atoms with E-state index in [4.69, 9.17) is 0 Å². The Hall–Kier alpha value is -2.87. The van der Waals surface area contributed by atoms with Gasteiger partial charge in [0, 0.05) is 6.07 Å². The first kappa shape index (κ1) is 16.0. The zero-order valence-electron chi connectivity index (χ0n) is 12.6. The molecule has 1 heterocycles. The Morgan fingerprint density at radius 2 is 1.92 bits per heavy atom. The first-order chi connectivity index (χ1) is 11.5. The highest BCUT2D eigenvalue weighted by Gasteiger charge is 2.41. The van der Waals surface area contributed by atoms with Gasteiger partial charge in [0.1, 0.15) is 5.69 Å². The van der Waals surface area contributed by atoms with Crippen molar-refractivity contribution in [1.82, 2.24) is 0 Å². The van der Waals surface area contributed by atoms with Crippen molar-refractivity contribution in [3.05, 3.63) is 64.2 Å². The molecule has 0 aliphatic carbocycles. The lowest BCUT2D eigenvalue weighted by atomic mass is 10.2. The van der Waals surface area contributed by atoms with Gasteiger partial charge in [-0.2, -0.15) is 0 Å². The summed E-state index contributed by atoms with van der Waals surface area (Å²) in [5, 5.41) is 12.5. The maximum absolute atomic E-state index is 12.6. The lowest BCUT2D eigenvalue weighted by molar-refractivity contribution is -0.384. The molecule has 0 spiro atoms. The molecule has 2 amide bonds. The van der Waals surface area contributed by atoms with E-state index in [1.54, 1.807) is 24.3 Å². The zero-order valence-corrected chi connectivity index (χ0v) is 13.4. The number of rotatable bonds is 4. The van der Waals surface area contributed by atoms with Gasteiger partial charge in [0.15, 0.2) is 5.37 Å². The lowest BCUT2D eigenvalue weighted by Gasteiger charge is -2.15. The second kappa shape index (κ2) is 6.32. The molecule has 0 bridgehead atoms. The van der Waals surface area contributed by atoms with Gasteiger partial charge in [0.25, 0.3) is 16.8 Å². The molecule has 3 rings (SSSR count). The fourth-order valence-electron chi connectivity index (χ4n) is 2.40. The van der Waals surface area contributed by atoms with Gasteiger partial charge < -0.3 is 5.32 Å². The fourth-order valence-corrected chi connectivity index (χ4v) is 3.29. The molecule has 1 fully saturated rings. The van der Waals surface area contributed by atoms with E-state index in [1.165, 1.54) is 18.2 Å². The van der Waals surface area contributed by atoms with E-state index in [-0.39, 0.29) is 11.4 Å². The number of imide groups is 1. The molecule has 0 aromatic heterocycles. The van der Waals surface area contributed by atoms with Crippen molar-refractivity contribution in [1.29, 1.82) is 0 Å². The number of hydrogen-bond donors (Lipinski definition) is 1. The first-order valence-corrected chi connectivity index (χ1v) is 7.96. The molecule has 0 radical (unpaired) electrons. The topological polar surface area (TPSA) is 92.6 Å². The Bertz CT molecular complexity index is 840. The summed E-state index contributed by atoms with van der Waals surface area (Å²) in [6.07, 6.45) is 0. The van der Waals surface area contributed by atoms with Gasteiger partial charge in [-0.3, -0.25) is 19.7 Å². The number of nitrogens with one attached hydrogen (secondary N) is 1. The summed E-state index contributed by atoms with van der Waals surface area (Å²) in [5.41, 5.74) is 1.47. The minimum Gasteiger partial charge on any atom is -0.359 e. The third-order valence-electron chi connectivity index (χ3n) is 3.49. The fraction of sp³-hybridized carbons (Fsp3) is 0.125. The smallest absolute Gasteiger partial charge is 0.295 e. The van der Waals surface area contributed by atoms with Crippen LogP contribution in [0.4, 0.5) is 21.9 Å². The lowest BCUT2D eigenvalue weighted by Crippen LogP contribution is -2.34. The number of hydrogen-bond acceptors (Lipinski definition) is 6. The van der Waals surface area contributed by atoms with Crippen molar-refractivity contribution in [3.63, 3.8) is 0 Å². The van der Waals surface area contributed by atoms with Crippen LogP contribution in [0.3, 0.4) is 0 Å². The van der Waals surface area contributed by atoms with Crippen molar-refractivity contribution in [2.45, 2.75) is 12.3 Å². The number of para-hydroxylation sites is 2. The van der Waals surface area contributed by atoms with Gasteiger partial charge in [0.05, 0.1) is 10.6 Å². The number of benzene rings is 2. The Morgan fingerprint density at radius 3 is 2.62 bits per heavy atom. The molecule has 8 heteroatoms. The molecule has 1 aliphatic heterocycles. The van der Waals surface area contributed by atoms with Crippen molar-refractivity contribution >= 4 is 40.0 Å². The van der Waals surface area contributed by atoms with Crippen LogP contribution in [-0.2, 0) is 4.79 Å². The number of nitrogens with zero attached hydrogens (tertiary/aromatic N) is 2. The Balaban J connectivity index is 1.86. The highest BCUT2D eigenvalue weighted by molar-refractivity contribution is 8.16. The van der Waals surface area contributed by atoms with Crippen LogP contribution in [0.5, 0.6) is 0 Å². The van der Waals surface area contributed by atoms with E-state index in [2.05, 4.69) is 5.32 Å². The first-order valence-electron chi connectivity index (χ1n) is 7.08. The summed E-state index contributed by atoms with van der Waals surface area (Å²) in [7, 11) is 0. The molecule has 1 saturated heterocycles. The van der Waals surface area contributed by atoms with Gasteiger partial charge in [-0.15, -0.1) is 0 Å². The van der Waals surface area contributed by atoms with E-state index < -0.39 is 21.4 Å². The summed E-state index contributed by atoms with van der Waals surface area (Å²) in [6, 6.07) is 13.1. The van der Waals surface area contributed by atoms with Crippen molar-refractivity contribution < 1.29 is 14.5 Å². The van der Waals surface area contributed by atoms with Crippen LogP contribution in [0.15, 0.2) is 48.5 Å². The largest absolute Gasteiger partial charge is 0.359 e. The van der Waals surface area contributed by atoms with Gasteiger partial charge in [-0.1, -0.05) is 24.3 Å². The van der Waals surface area contributed by atoms with Crippen molar-refractivity contribution in [2.75, 3.05) is 10.2 Å². The van der Waals surface area contributed by atoms with Crippen LogP contribution in [0.2, 0.25) is 0 Å². The zero-order chi connectivity index (χ0) is 17.3. The molecular weight excluding hydrogens is 330 g/mol. The second-order valence-corrected chi connectivity index (χ2v) is 6.25. The predicted molar refractivity (Wildman–Crippen MR) is 92.2 cm³/mol. The molecule has 1 N–H and O–H groups in total. The number of nitro benzene ring substituents is 1. The summed E-state index contributed by atoms with van der Waals surface area (Å²) in [4.78, 5) is 36.4. The third-order valence-corrected chi connectivity index (χ3v) is 4.43. The standard InChI is InChI=1S/C16H13N3O4S/c1-10-5-4-6-11(9-10)18-15(20)14(24-16(18)21)17-12-7-2-3-8-13(12)19(22)23/h2-9,14,17H,1H3. The normalized spacial score (nSPS) is 17.2. The average molecular weight is 343 g/mol. The second-order valence-electron chi connectivity index (χ2n) is 5.20. The van der Waals surface area contributed by atoms with E-state index in [9.17, 15) is 19.7 Å². The minimum absolute atomic E-state index is 0.146. The molecule has 1 atom stereocenters. The number of aryl methyl sites for hydroxylation is 1. The average Bonchev–Trinajstić information content (AvgIpc) is 2.81. The predicted octanol–water partition coefficient (Wildman–Crippen LogP) is 3.54. The Morgan fingerprint density at radius 1 is 1.17 bits per heavy atom. The third kappa shape index (κ3) is 2.95. The molecule has 1 aliphatic rings. The summed E-state index contributed by atoms with van der Waals surface area (Å²) in [5.74, 6) is -0.450. The number of carbonyl (C=O) groups is 2. The van der Waals surface area contributed by atoms with Gasteiger partial charge in [-0.25, -0.2) is 4.90 Å². The van der Waals surface area contributed by atoms with E-state index in [0.29, 0.717) is 5.69 Å². The van der Waals surface area contributed by atoms with Gasteiger partial charge >= 0.3 is 0 Å². The van der Waals surface area contributed by atoms with E-state index in [1.807, 2.05) is 13.0 Å². The summed E-state index contributed by atoms with van der Waals surface area (Å²) >= 11 is 0.801. The maximum Gasteiger partial charge on any atom is 0.295 e. The van der Waals surface area contributed by atoms with Crippen LogP contribution in [-0.4, -0.2) is 21.4 Å². The number of carbonyl (C=O) groups excluding carboxylic acids is 2. The Labute approximate surface area is 141 Å². The molecule has 0 saturated carbocycles. The number of thioether (sulfide) groups is 1. The number of amides is 2. The van der Waals surface area contributed by atoms with Gasteiger partial charge in [-0.05, 0) is 42.4 Å². The maximum atomic E-state index is 12.6. The molecule has 1 unspecified atom stereocenters. The SMILES string of the molecule is Cc1cccc(N2C(=O)SC(Nc3ccccc3[N+](=O)[O-])C2=O)c1. The molecule has 122 valence electrons. The highest BCUT2D eigenvalue weighted by Crippen LogP contribution is 2.34. The van der Waals surface area contributed by atoms with Crippen LogP contribution in [0.1, 0.15) is 5.56 Å². The van der Waals surface area contributed by atoms with Crippen molar-refractivity contribution in [3.8, 4) is 0 Å². The van der Waals surface area contributed by atoms with Crippen molar-refractivity contribution in [2.24, 2.45) is 0 Å². The number of anilines is 2. The summed E-state index contributed by atoms with van der Waals surface area (Å²) < 4.78 is 0. The Kier molecular flexibility index (Phi) is 4.22. The van der Waals surface area contributed by atoms with Crippen LogP contribution >= 0.6 is 11.8 Å². The molecule has 24 heavy (non-hydrogen) atoms. The van der Waals surface area contributed by atoms with E-state index in [0.717, 1.165) is 22.2 Å². The van der Waals surface area contributed by atoms with Gasteiger partial charge in [0.2, 0.25) is 0 Å². The van der Waals surface area contributed by atoms with Crippen LogP contribution in [0.25, 0.3) is 0 Å². The molecule has 2 aromatic rings. The molecule has 7 nitrogen and oxygen atoms in total. The molecular formula is C16H13N3O4S. The summed E-state index contributed by atoms with van der Waals surface area (Å²) in [6.45, 7) is 1.87. The van der Waals surface area contributed by atoms with E-state index >= 15 is 0 Å².